The van der Waals surface area contributed by atoms with Crippen LogP contribution in [-0.4, -0.2) is 21.6 Å². The molecule has 1 atom stereocenters. The van der Waals surface area contributed by atoms with Gasteiger partial charge in [0.05, 0.1) is 6.10 Å². The molecule has 1 heterocycles. The summed E-state index contributed by atoms with van der Waals surface area (Å²) >= 11 is 0. The molecule has 2 heteroatoms. The Morgan fingerprint density at radius 1 is 1.25 bits per heavy atom. The first-order valence-corrected chi connectivity index (χ1v) is 6.13. The number of hydrogen-bond donors (Lipinski definition) is 1. The molecule has 2 aliphatic rings. The minimum absolute atomic E-state index is 0.129. The van der Waals surface area contributed by atoms with Crippen molar-refractivity contribution in [1.82, 2.24) is 4.90 Å². The van der Waals surface area contributed by atoms with Crippen molar-refractivity contribution < 1.29 is 5.11 Å². The zero-order chi connectivity index (χ0) is 11.3. The van der Waals surface area contributed by atoms with Crippen molar-refractivity contribution in [3.63, 3.8) is 0 Å². The summed E-state index contributed by atoms with van der Waals surface area (Å²) in [5.74, 6) is 0. The molecule has 1 fully saturated rings. The highest BCUT2D eigenvalue weighted by Gasteiger charge is 2.46. The molecule has 1 aromatic carbocycles. The third-order valence-corrected chi connectivity index (χ3v) is 4.09. The van der Waals surface area contributed by atoms with Crippen LogP contribution in [0.25, 0.3) is 0 Å². The lowest BCUT2D eigenvalue weighted by atomic mass is 9.82. The molecule has 3 rings (SSSR count). The number of nitrogens with zero attached hydrogens (tertiary/aromatic N) is 1. The van der Waals surface area contributed by atoms with Crippen molar-refractivity contribution in [3.8, 4) is 0 Å². The van der Waals surface area contributed by atoms with Crippen molar-refractivity contribution in [2.45, 2.75) is 50.9 Å². The van der Waals surface area contributed by atoms with E-state index in [1.165, 1.54) is 18.4 Å². The fraction of sp³-hybridized carbons (Fsp3) is 0.571. The average Bonchev–Trinajstić information content (AvgIpc) is 3.07. The van der Waals surface area contributed by atoms with Gasteiger partial charge in [0, 0.05) is 18.1 Å². The second-order valence-electron chi connectivity index (χ2n) is 5.61. The molecule has 0 saturated heterocycles. The number of benzene rings is 1. The van der Waals surface area contributed by atoms with Gasteiger partial charge in [0.2, 0.25) is 0 Å². The number of fused-ring (bicyclic) bond motifs is 1. The van der Waals surface area contributed by atoms with E-state index in [2.05, 4.69) is 36.9 Å². The molecule has 0 spiro atoms. The van der Waals surface area contributed by atoms with Crippen molar-refractivity contribution in [2.24, 2.45) is 0 Å². The summed E-state index contributed by atoms with van der Waals surface area (Å²) in [6.45, 7) is 5.31. The summed E-state index contributed by atoms with van der Waals surface area (Å²) < 4.78 is 0. The van der Waals surface area contributed by atoms with E-state index in [1.54, 1.807) is 0 Å². The molecule has 1 unspecified atom stereocenters. The third kappa shape index (κ3) is 1.40. The highest BCUT2D eigenvalue weighted by Crippen LogP contribution is 2.44. The summed E-state index contributed by atoms with van der Waals surface area (Å²) in [4.78, 5) is 2.47. The van der Waals surface area contributed by atoms with Crippen LogP contribution in [0.2, 0.25) is 0 Å². The molecule has 2 nitrogen and oxygen atoms in total. The van der Waals surface area contributed by atoms with Crippen LogP contribution < -0.4 is 0 Å². The molecular formula is C14H19NO. The number of aliphatic hydroxyl groups excluding tert-OH is 1. The summed E-state index contributed by atoms with van der Waals surface area (Å²) in [5, 5.41) is 10.5. The summed E-state index contributed by atoms with van der Waals surface area (Å²) in [7, 11) is 0. The standard InChI is InChI=1S/C14H19NO/c1-14(2)13(16)12-6-4-3-5-10(12)9-15(14)11-7-8-11/h3-6,11,13,16H,7-9H2,1-2H3. The monoisotopic (exact) mass is 217 g/mol. The van der Waals surface area contributed by atoms with Gasteiger partial charge in [0.25, 0.3) is 0 Å². The van der Waals surface area contributed by atoms with E-state index in [0.29, 0.717) is 6.04 Å². The van der Waals surface area contributed by atoms with Gasteiger partial charge in [-0.3, -0.25) is 4.90 Å². The SMILES string of the molecule is CC1(C)C(O)c2ccccc2CN1C1CC1. The summed E-state index contributed by atoms with van der Waals surface area (Å²) in [6, 6.07) is 8.98. The molecular weight excluding hydrogens is 198 g/mol. The smallest absolute Gasteiger partial charge is 0.0971 e. The highest BCUT2D eigenvalue weighted by atomic mass is 16.3. The van der Waals surface area contributed by atoms with E-state index in [9.17, 15) is 5.11 Å². The van der Waals surface area contributed by atoms with Crippen LogP contribution in [0, 0.1) is 0 Å². The maximum Gasteiger partial charge on any atom is 0.0971 e. The van der Waals surface area contributed by atoms with Crippen LogP contribution in [0.4, 0.5) is 0 Å². The van der Waals surface area contributed by atoms with Crippen molar-refractivity contribution >= 4 is 0 Å². The first-order valence-electron chi connectivity index (χ1n) is 6.13. The van der Waals surface area contributed by atoms with E-state index in [4.69, 9.17) is 0 Å². The Bertz CT molecular complexity index is 409. The minimum Gasteiger partial charge on any atom is -0.386 e. The van der Waals surface area contributed by atoms with Crippen molar-refractivity contribution in [3.05, 3.63) is 35.4 Å². The van der Waals surface area contributed by atoms with Gasteiger partial charge in [-0.05, 0) is 37.8 Å². The molecule has 16 heavy (non-hydrogen) atoms. The second-order valence-corrected chi connectivity index (χ2v) is 5.61. The number of hydrogen-bond acceptors (Lipinski definition) is 2. The van der Waals surface area contributed by atoms with Crippen LogP contribution in [0.5, 0.6) is 0 Å². The number of aliphatic hydroxyl groups is 1. The van der Waals surface area contributed by atoms with Gasteiger partial charge in [-0.1, -0.05) is 24.3 Å². The Hall–Kier alpha value is -0.860. The normalized spacial score (nSPS) is 28.8. The molecule has 0 bridgehead atoms. The topological polar surface area (TPSA) is 23.5 Å². The highest BCUT2D eigenvalue weighted by molar-refractivity contribution is 5.34. The Kier molecular flexibility index (Phi) is 2.13. The van der Waals surface area contributed by atoms with Crippen molar-refractivity contribution in [2.75, 3.05) is 0 Å². The largest absolute Gasteiger partial charge is 0.386 e. The molecule has 86 valence electrons. The van der Waals surface area contributed by atoms with E-state index in [-0.39, 0.29) is 11.6 Å². The molecule has 1 aliphatic carbocycles. The third-order valence-electron chi connectivity index (χ3n) is 4.09. The quantitative estimate of drug-likeness (QED) is 0.781. The Balaban J connectivity index is 2.04. The minimum atomic E-state index is -0.363. The predicted molar refractivity (Wildman–Crippen MR) is 64.0 cm³/mol. The van der Waals surface area contributed by atoms with Gasteiger partial charge < -0.3 is 5.11 Å². The average molecular weight is 217 g/mol. The number of rotatable bonds is 1. The summed E-state index contributed by atoms with van der Waals surface area (Å²) in [5.41, 5.74) is 2.28. The van der Waals surface area contributed by atoms with Gasteiger partial charge in [-0.2, -0.15) is 0 Å². The lowest BCUT2D eigenvalue weighted by Gasteiger charge is -2.47. The van der Waals surface area contributed by atoms with E-state index < -0.39 is 0 Å². The van der Waals surface area contributed by atoms with E-state index >= 15 is 0 Å². The van der Waals surface area contributed by atoms with Crippen LogP contribution in [0.3, 0.4) is 0 Å². The predicted octanol–water partition coefficient (Wildman–Crippen LogP) is 2.48. The molecule has 1 saturated carbocycles. The first-order chi connectivity index (χ1) is 7.60. The Labute approximate surface area is 96.9 Å². The van der Waals surface area contributed by atoms with Crippen LogP contribution >= 0.6 is 0 Å². The van der Waals surface area contributed by atoms with Crippen LogP contribution in [-0.2, 0) is 6.54 Å². The zero-order valence-corrected chi connectivity index (χ0v) is 9.98. The second kappa shape index (κ2) is 3.31. The van der Waals surface area contributed by atoms with Gasteiger partial charge in [0.1, 0.15) is 0 Å². The molecule has 0 radical (unpaired) electrons. The Morgan fingerprint density at radius 2 is 1.94 bits per heavy atom. The maximum absolute atomic E-state index is 10.5. The van der Waals surface area contributed by atoms with Gasteiger partial charge in [-0.25, -0.2) is 0 Å². The first kappa shape index (κ1) is 10.3. The van der Waals surface area contributed by atoms with Gasteiger partial charge in [-0.15, -0.1) is 0 Å². The molecule has 1 aromatic rings. The van der Waals surface area contributed by atoms with Crippen LogP contribution in [0.1, 0.15) is 43.9 Å². The fourth-order valence-electron chi connectivity index (χ4n) is 2.86. The van der Waals surface area contributed by atoms with Gasteiger partial charge in [0.15, 0.2) is 0 Å². The van der Waals surface area contributed by atoms with Crippen LogP contribution in [0.15, 0.2) is 24.3 Å². The summed E-state index contributed by atoms with van der Waals surface area (Å²) in [6.07, 6.45) is 2.22. The molecule has 0 amide bonds. The molecule has 1 aliphatic heterocycles. The lowest BCUT2D eigenvalue weighted by Crippen LogP contribution is -2.52. The molecule has 1 N–H and O–H groups in total. The van der Waals surface area contributed by atoms with E-state index in [0.717, 1.165) is 12.1 Å². The van der Waals surface area contributed by atoms with E-state index in [1.807, 2.05) is 6.07 Å². The van der Waals surface area contributed by atoms with Crippen molar-refractivity contribution in [1.29, 1.82) is 0 Å². The lowest BCUT2D eigenvalue weighted by molar-refractivity contribution is -0.0357. The fourth-order valence-corrected chi connectivity index (χ4v) is 2.86. The van der Waals surface area contributed by atoms with Gasteiger partial charge >= 0.3 is 0 Å². The Morgan fingerprint density at radius 3 is 2.62 bits per heavy atom. The molecule has 0 aromatic heterocycles. The maximum atomic E-state index is 10.5. The zero-order valence-electron chi connectivity index (χ0n) is 9.98.